The molecule has 0 atom stereocenters. The van der Waals surface area contributed by atoms with Gasteiger partial charge in [0, 0.05) is 24.1 Å². The molecular weight excluding hydrogens is 202 g/mol. The average molecular weight is 215 g/mol. The Bertz CT molecular complexity index is 476. The number of carbonyl (C=O) groups excluding carboxylic acids is 1. The van der Waals surface area contributed by atoms with E-state index in [2.05, 4.69) is 10.2 Å². The van der Waals surface area contributed by atoms with Crippen LogP contribution in [0.2, 0.25) is 0 Å². The molecule has 0 saturated heterocycles. The summed E-state index contributed by atoms with van der Waals surface area (Å²) >= 11 is 0. The van der Waals surface area contributed by atoms with E-state index in [9.17, 15) is 4.79 Å². The van der Waals surface area contributed by atoms with Crippen LogP contribution in [0.4, 0.5) is 0 Å². The SMILES string of the molecule is NCc1[nH]nc(-c2ccccc2)c1CC=O. The van der Waals surface area contributed by atoms with Gasteiger partial charge in [0.25, 0.3) is 0 Å². The van der Waals surface area contributed by atoms with Gasteiger partial charge in [0.1, 0.15) is 6.29 Å². The number of nitrogens with zero attached hydrogens (tertiary/aromatic N) is 1. The normalized spacial score (nSPS) is 10.3. The molecule has 4 heteroatoms. The number of nitrogens with one attached hydrogen (secondary N) is 1. The molecule has 0 amide bonds. The monoisotopic (exact) mass is 215 g/mol. The number of rotatable bonds is 4. The fourth-order valence-corrected chi connectivity index (χ4v) is 1.71. The lowest BCUT2D eigenvalue weighted by Gasteiger charge is -2.00. The van der Waals surface area contributed by atoms with Crippen LogP contribution in [0.25, 0.3) is 11.3 Å². The Morgan fingerprint density at radius 3 is 2.69 bits per heavy atom. The minimum absolute atomic E-state index is 0.341. The molecule has 2 aromatic rings. The van der Waals surface area contributed by atoms with Crippen LogP contribution in [0, 0.1) is 0 Å². The van der Waals surface area contributed by atoms with E-state index in [-0.39, 0.29) is 0 Å². The predicted octanol–water partition coefficient (Wildman–Crippen LogP) is 1.28. The van der Waals surface area contributed by atoms with Gasteiger partial charge in [0.2, 0.25) is 0 Å². The van der Waals surface area contributed by atoms with Crippen molar-refractivity contribution in [3.05, 3.63) is 41.6 Å². The van der Waals surface area contributed by atoms with Crippen LogP contribution in [-0.2, 0) is 17.8 Å². The lowest BCUT2D eigenvalue weighted by atomic mass is 10.0. The molecule has 0 radical (unpaired) electrons. The van der Waals surface area contributed by atoms with Crippen LogP contribution in [0.5, 0.6) is 0 Å². The highest BCUT2D eigenvalue weighted by Crippen LogP contribution is 2.23. The maximum Gasteiger partial charge on any atom is 0.124 e. The quantitative estimate of drug-likeness (QED) is 0.754. The largest absolute Gasteiger partial charge is 0.325 e. The second-order valence-electron chi connectivity index (χ2n) is 3.47. The molecule has 1 aromatic carbocycles. The molecule has 0 aliphatic heterocycles. The molecule has 0 bridgehead atoms. The molecule has 0 aliphatic rings. The number of aldehydes is 1. The molecule has 16 heavy (non-hydrogen) atoms. The number of H-pyrrole nitrogens is 1. The fraction of sp³-hybridized carbons (Fsp3) is 0.167. The Morgan fingerprint density at radius 1 is 1.31 bits per heavy atom. The van der Waals surface area contributed by atoms with Gasteiger partial charge in [-0.15, -0.1) is 0 Å². The van der Waals surface area contributed by atoms with Crippen molar-refractivity contribution in [1.82, 2.24) is 10.2 Å². The summed E-state index contributed by atoms with van der Waals surface area (Å²) in [5.74, 6) is 0. The minimum Gasteiger partial charge on any atom is -0.325 e. The van der Waals surface area contributed by atoms with Gasteiger partial charge >= 0.3 is 0 Å². The van der Waals surface area contributed by atoms with Crippen LogP contribution >= 0.6 is 0 Å². The van der Waals surface area contributed by atoms with Gasteiger partial charge in [-0.1, -0.05) is 30.3 Å². The number of hydrogen-bond donors (Lipinski definition) is 2. The molecule has 0 aliphatic carbocycles. The first-order chi connectivity index (χ1) is 7.86. The molecule has 0 spiro atoms. The molecule has 1 heterocycles. The van der Waals surface area contributed by atoms with Crippen LogP contribution < -0.4 is 5.73 Å². The van der Waals surface area contributed by atoms with Crippen LogP contribution in [0.3, 0.4) is 0 Å². The van der Waals surface area contributed by atoms with Gasteiger partial charge in [-0.2, -0.15) is 5.10 Å². The molecule has 1 aromatic heterocycles. The maximum absolute atomic E-state index is 10.6. The van der Waals surface area contributed by atoms with Crippen LogP contribution in [-0.4, -0.2) is 16.5 Å². The summed E-state index contributed by atoms with van der Waals surface area (Å²) in [4.78, 5) is 10.6. The first kappa shape index (κ1) is 10.6. The second kappa shape index (κ2) is 4.72. The number of carbonyl (C=O) groups is 1. The molecule has 2 rings (SSSR count). The highest BCUT2D eigenvalue weighted by atomic mass is 16.1. The third kappa shape index (κ3) is 1.87. The summed E-state index contributed by atoms with van der Waals surface area (Å²) in [6.07, 6.45) is 1.21. The van der Waals surface area contributed by atoms with Gasteiger partial charge in [-0.3, -0.25) is 5.10 Å². The maximum atomic E-state index is 10.6. The zero-order valence-corrected chi connectivity index (χ0v) is 8.81. The summed E-state index contributed by atoms with van der Waals surface area (Å²) in [5.41, 5.74) is 9.11. The Balaban J connectivity index is 2.48. The van der Waals surface area contributed by atoms with Gasteiger partial charge in [0.05, 0.1) is 11.4 Å². The van der Waals surface area contributed by atoms with Crippen LogP contribution in [0.15, 0.2) is 30.3 Å². The van der Waals surface area contributed by atoms with E-state index in [1.54, 1.807) is 0 Å². The van der Waals surface area contributed by atoms with Crippen molar-refractivity contribution in [2.45, 2.75) is 13.0 Å². The highest BCUT2D eigenvalue weighted by Gasteiger charge is 2.12. The van der Waals surface area contributed by atoms with Crippen LogP contribution in [0.1, 0.15) is 11.3 Å². The van der Waals surface area contributed by atoms with E-state index in [0.29, 0.717) is 13.0 Å². The zero-order chi connectivity index (χ0) is 11.4. The van der Waals surface area contributed by atoms with Gasteiger partial charge < -0.3 is 10.5 Å². The minimum atomic E-state index is 0.341. The number of aromatic amines is 1. The molecule has 4 nitrogen and oxygen atoms in total. The smallest absolute Gasteiger partial charge is 0.124 e. The van der Waals surface area contributed by atoms with E-state index >= 15 is 0 Å². The topological polar surface area (TPSA) is 71.8 Å². The Labute approximate surface area is 93.5 Å². The van der Waals surface area contributed by atoms with Gasteiger partial charge in [-0.05, 0) is 0 Å². The molecule has 3 N–H and O–H groups in total. The summed E-state index contributed by atoms with van der Waals surface area (Å²) in [6, 6.07) is 9.75. The summed E-state index contributed by atoms with van der Waals surface area (Å²) in [5, 5.41) is 7.09. The van der Waals surface area contributed by atoms with Gasteiger partial charge in [0.15, 0.2) is 0 Å². The Hall–Kier alpha value is -1.94. The average Bonchev–Trinajstić information content (AvgIpc) is 2.74. The van der Waals surface area contributed by atoms with Crippen molar-refractivity contribution in [1.29, 1.82) is 0 Å². The van der Waals surface area contributed by atoms with E-state index in [4.69, 9.17) is 5.73 Å². The summed E-state index contributed by atoms with van der Waals surface area (Å²) in [6.45, 7) is 0.364. The Kier molecular flexibility index (Phi) is 3.12. The number of hydrogen-bond acceptors (Lipinski definition) is 3. The van der Waals surface area contributed by atoms with Crippen molar-refractivity contribution in [2.75, 3.05) is 0 Å². The molecule has 0 saturated carbocycles. The summed E-state index contributed by atoms with van der Waals surface area (Å²) < 4.78 is 0. The van der Waals surface area contributed by atoms with Gasteiger partial charge in [-0.25, -0.2) is 0 Å². The van der Waals surface area contributed by atoms with Crippen molar-refractivity contribution in [2.24, 2.45) is 5.73 Å². The van der Waals surface area contributed by atoms with E-state index < -0.39 is 0 Å². The third-order valence-electron chi connectivity index (χ3n) is 2.49. The van der Waals surface area contributed by atoms with Crippen molar-refractivity contribution in [3.63, 3.8) is 0 Å². The first-order valence-electron chi connectivity index (χ1n) is 5.12. The lowest BCUT2D eigenvalue weighted by Crippen LogP contribution is -2.01. The van der Waals surface area contributed by atoms with E-state index in [1.807, 2.05) is 30.3 Å². The van der Waals surface area contributed by atoms with Crippen molar-refractivity contribution >= 4 is 6.29 Å². The predicted molar refractivity (Wildman–Crippen MR) is 61.7 cm³/mol. The summed E-state index contributed by atoms with van der Waals surface area (Å²) in [7, 11) is 0. The Morgan fingerprint density at radius 2 is 2.06 bits per heavy atom. The van der Waals surface area contributed by atoms with E-state index in [1.165, 1.54) is 0 Å². The number of benzene rings is 1. The molecule has 0 fully saturated rings. The third-order valence-corrected chi connectivity index (χ3v) is 2.49. The second-order valence-corrected chi connectivity index (χ2v) is 3.47. The molecular formula is C12H13N3O. The number of aromatic nitrogens is 2. The van der Waals surface area contributed by atoms with Crippen molar-refractivity contribution < 1.29 is 4.79 Å². The standard InChI is InChI=1S/C12H13N3O/c13-8-11-10(6-7-16)12(15-14-11)9-4-2-1-3-5-9/h1-5,7H,6,8,13H2,(H,14,15). The first-order valence-corrected chi connectivity index (χ1v) is 5.12. The number of nitrogens with two attached hydrogens (primary N) is 1. The molecule has 82 valence electrons. The van der Waals surface area contributed by atoms with E-state index in [0.717, 1.165) is 28.8 Å². The molecule has 0 unspecified atom stereocenters. The van der Waals surface area contributed by atoms with Crippen molar-refractivity contribution in [3.8, 4) is 11.3 Å². The fourth-order valence-electron chi connectivity index (χ4n) is 1.71. The zero-order valence-electron chi connectivity index (χ0n) is 8.81. The lowest BCUT2D eigenvalue weighted by molar-refractivity contribution is -0.107. The highest BCUT2D eigenvalue weighted by molar-refractivity contribution is 5.69.